The van der Waals surface area contributed by atoms with E-state index < -0.39 is 28.8 Å². The van der Waals surface area contributed by atoms with Crippen LogP contribution in [-0.2, 0) is 9.59 Å². The third-order valence-corrected chi connectivity index (χ3v) is 3.20. The summed E-state index contributed by atoms with van der Waals surface area (Å²) in [6, 6.07) is -0.613. The number of hydrogen-bond acceptors (Lipinski definition) is 3. The van der Waals surface area contributed by atoms with E-state index >= 15 is 0 Å². The van der Waals surface area contributed by atoms with Gasteiger partial charge >= 0.3 is 6.03 Å². The number of nitrogens with one attached hydrogen (secondary N) is 1. The fourth-order valence-corrected chi connectivity index (χ4v) is 2.05. The van der Waals surface area contributed by atoms with Gasteiger partial charge < -0.3 is 0 Å². The largest absolute Gasteiger partial charge is 0.331 e. The van der Waals surface area contributed by atoms with E-state index in [1.807, 2.05) is 20.8 Å². The SMILES string of the molecule is CCCC(C)(C)N1C(=O)NC(=O)C(C)(C)C1=O. The molecule has 0 radical (unpaired) electrons. The van der Waals surface area contributed by atoms with Gasteiger partial charge in [-0.25, -0.2) is 4.79 Å². The first-order valence-electron chi connectivity index (χ1n) is 5.84. The second kappa shape index (κ2) is 4.13. The molecule has 1 fully saturated rings. The highest BCUT2D eigenvalue weighted by atomic mass is 16.2. The molecular formula is C12H20N2O3. The molecule has 1 saturated heterocycles. The molecule has 1 rings (SSSR count). The topological polar surface area (TPSA) is 66.5 Å². The van der Waals surface area contributed by atoms with E-state index in [1.165, 1.54) is 18.7 Å². The number of nitrogens with zero attached hydrogens (tertiary/aromatic N) is 1. The van der Waals surface area contributed by atoms with E-state index in [0.29, 0.717) is 6.42 Å². The molecule has 1 aliphatic rings. The average molecular weight is 240 g/mol. The van der Waals surface area contributed by atoms with Crippen LogP contribution in [0, 0.1) is 5.41 Å². The van der Waals surface area contributed by atoms with Crippen LogP contribution in [0.3, 0.4) is 0 Å². The number of carbonyl (C=O) groups is 3. The second-order valence-corrected chi connectivity index (χ2v) is 5.59. The highest BCUT2D eigenvalue weighted by Crippen LogP contribution is 2.30. The molecule has 1 N–H and O–H groups in total. The van der Waals surface area contributed by atoms with Crippen molar-refractivity contribution in [2.75, 3.05) is 0 Å². The number of hydrogen-bond donors (Lipinski definition) is 1. The molecule has 0 atom stereocenters. The molecule has 0 aromatic heterocycles. The minimum absolute atomic E-state index is 0.426. The first-order valence-corrected chi connectivity index (χ1v) is 5.84. The fraction of sp³-hybridized carbons (Fsp3) is 0.750. The van der Waals surface area contributed by atoms with Crippen molar-refractivity contribution < 1.29 is 14.4 Å². The Bertz CT molecular complexity index is 372. The molecule has 5 nitrogen and oxygen atoms in total. The Morgan fingerprint density at radius 1 is 1.24 bits per heavy atom. The molecule has 96 valence electrons. The Kier molecular flexibility index (Phi) is 3.32. The van der Waals surface area contributed by atoms with Gasteiger partial charge in [0.05, 0.1) is 0 Å². The molecule has 0 aliphatic carbocycles. The first kappa shape index (κ1) is 13.7. The summed E-state index contributed by atoms with van der Waals surface area (Å²) in [6.45, 7) is 8.72. The van der Waals surface area contributed by atoms with Gasteiger partial charge in [0.2, 0.25) is 11.8 Å². The maximum absolute atomic E-state index is 12.2. The molecular weight excluding hydrogens is 220 g/mol. The number of carbonyl (C=O) groups excluding carboxylic acids is 3. The van der Waals surface area contributed by atoms with Crippen LogP contribution in [0.15, 0.2) is 0 Å². The zero-order valence-electron chi connectivity index (χ0n) is 11.1. The Balaban J connectivity index is 3.12. The van der Waals surface area contributed by atoms with Crippen LogP contribution in [0.4, 0.5) is 4.79 Å². The lowest BCUT2D eigenvalue weighted by Gasteiger charge is -2.43. The maximum atomic E-state index is 12.2. The summed E-state index contributed by atoms with van der Waals surface area (Å²) < 4.78 is 0. The lowest BCUT2D eigenvalue weighted by Crippen LogP contribution is -2.67. The second-order valence-electron chi connectivity index (χ2n) is 5.59. The third kappa shape index (κ3) is 2.18. The van der Waals surface area contributed by atoms with Crippen LogP contribution < -0.4 is 5.32 Å². The van der Waals surface area contributed by atoms with E-state index in [0.717, 1.165) is 6.42 Å². The quantitative estimate of drug-likeness (QED) is 0.763. The molecule has 0 saturated carbocycles. The van der Waals surface area contributed by atoms with Crippen LogP contribution in [0.1, 0.15) is 47.5 Å². The van der Waals surface area contributed by atoms with Crippen molar-refractivity contribution >= 4 is 17.8 Å². The van der Waals surface area contributed by atoms with Crippen molar-refractivity contribution in [2.24, 2.45) is 5.41 Å². The number of barbiturate groups is 1. The lowest BCUT2D eigenvalue weighted by atomic mass is 9.85. The van der Waals surface area contributed by atoms with Gasteiger partial charge in [-0.1, -0.05) is 13.3 Å². The summed E-state index contributed by atoms with van der Waals surface area (Å²) >= 11 is 0. The van der Waals surface area contributed by atoms with E-state index in [2.05, 4.69) is 5.32 Å². The summed E-state index contributed by atoms with van der Waals surface area (Å²) in [5, 5.41) is 2.24. The molecule has 4 amide bonds. The van der Waals surface area contributed by atoms with Gasteiger partial charge in [-0.2, -0.15) is 0 Å². The monoisotopic (exact) mass is 240 g/mol. The minimum atomic E-state index is -1.18. The fourth-order valence-electron chi connectivity index (χ4n) is 2.05. The zero-order chi connectivity index (χ0) is 13.4. The Hall–Kier alpha value is -1.39. The predicted octanol–water partition coefficient (Wildman–Crippen LogP) is 1.67. The smallest absolute Gasteiger partial charge is 0.277 e. The standard InChI is InChI=1S/C12H20N2O3/c1-6-7-11(2,3)14-9(16)12(4,5)8(15)13-10(14)17/h6-7H2,1-5H3,(H,13,15,17). The maximum Gasteiger partial charge on any atom is 0.331 e. The average Bonchev–Trinajstić information content (AvgIpc) is 2.14. The van der Waals surface area contributed by atoms with Gasteiger partial charge in [-0.15, -0.1) is 0 Å². The zero-order valence-corrected chi connectivity index (χ0v) is 11.1. The Morgan fingerprint density at radius 3 is 2.24 bits per heavy atom. The summed E-state index contributed by atoms with van der Waals surface area (Å²) in [5.41, 5.74) is -1.76. The minimum Gasteiger partial charge on any atom is -0.277 e. The normalized spacial score (nSPS) is 20.5. The van der Waals surface area contributed by atoms with Gasteiger partial charge in [0.15, 0.2) is 0 Å². The van der Waals surface area contributed by atoms with Crippen LogP contribution in [-0.4, -0.2) is 28.3 Å². The number of rotatable bonds is 3. The van der Waals surface area contributed by atoms with E-state index in [1.54, 1.807) is 0 Å². The van der Waals surface area contributed by atoms with Crippen LogP contribution in [0.5, 0.6) is 0 Å². The number of imide groups is 2. The van der Waals surface area contributed by atoms with E-state index in [-0.39, 0.29) is 0 Å². The van der Waals surface area contributed by atoms with Gasteiger partial charge in [0.25, 0.3) is 0 Å². The Labute approximate surface area is 102 Å². The molecule has 0 bridgehead atoms. The van der Waals surface area contributed by atoms with Crippen molar-refractivity contribution in [1.82, 2.24) is 10.2 Å². The number of urea groups is 1. The van der Waals surface area contributed by atoms with Gasteiger partial charge in [0.1, 0.15) is 5.41 Å². The summed E-state index contributed by atoms with van der Waals surface area (Å²) in [7, 11) is 0. The summed E-state index contributed by atoms with van der Waals surface area (Å²) in [4.78, 5) is 36.8. The molecule has 1 heterocycles. The molecule has 0 aromatic carbocycles. The summed E-state index contributed by atoms with van der Waals surface area (Å²) in [6.07, 6.45) is 1.56. The molecule has 0 unspecified atom stereocenters. The van der Waals surface area contributed by atoms with E-state index in [9.17, 15) is 14.4 Å². The predicted molar refractivity (Wildman–Crippen MR) is 63.2 cm³/mol. The molecule has 17 heavy (non-hydrogen) atoms. The number of amides is 4. The van der Waals surface area contributed by atoms with Crippen molar-refractivity contribution in [2.45, 2.75) is 53.0 Å². The van der Waals surface area contributed by atoms with Crippen LogP contribution >= 0.6 is 0 Å². The van der Waals surface area contributed by atoms with Gasteiger partial charge in [-0.3, -0.25) is 19.8 Å². The first-order chi connectivity index (χ1) is 7.64. The summed E-state index contributed by atoms with van der Waals surface area (Å²) in [5.74, 6) is -0.958. The lowest BCUT2D eigenvalue weighted by molar-refractivity contribution is -0.152. The molecule has 0 aromatic rings. The van der Waals surface area contributed by atoms with Crippen LogP contribution in [0.25, 0.3) is 0 Å². The Morgan fingerprint density at radius 2 is 1.76 bits per heavy atom. The highest BCUT2D eigenvalue weighted by molar-refractivity contribution is 6.18. The molecule has 0 spiro atoms. The molecule has 5 heteroatoms. The van der Waals surface area contributed by atoms with Crippen molar-refractivity contribution in [3.63, 3.8) is 0 Å². The van der Waals surface area contributed by atoms with Crippen molar-refractivity contribution in [3.05, 3.63) is 0 Å². The van der Waals surface area contributed by atoms with Gasteiger partial charge in [0, 0.05) is 5.54 Å². The van der Waals surface area contributed by atoms with Crippen LogP contribution in [0.2, 0.25) is 0 Å². The highest BCUT2D eigenvalue weighted by Gasteiger charge is 2.51. The van der Waals surface area contributed by atoms with Crippen molar-refractivity contribution in [3.8, 4) is 0 Å². The van der Waals surface area contributed by atoms with Crippen molar-refractivity contribution in [1.29, 1.82) is 0 Å². The molecule has 1 aliphatic heterocycles. The van der Waals surface area contributed by atoms with E-state index in [4.69, 9.17) is 0 Å². The van der Waals surface area contributed by atoms with Gasteiger partial charge in [-0.05, 0) is 34.1 Å². The third-order valence-electron chi connectivity index (χ3n) is 3.20.